The van der Waals surface area contributed by atoms with E-state index in [0.717, 1.165) is 25.9 Å². The maximum Gasteiger partial charge on any atom is 0.270 e. The molecular formula is C11H18N4O2. The van der Waals surface area contributed by atoms with Crippen molar-refractivity contribution >= 4 is 17.5 Å². The van der Waals surface area contributed by atoms with E-state index in [4.69, 9.17) is 0 Å². The van der Waals surface area contributed by atoms with Crippen LogP contribution in [0.1, 0.15) is 25.7 Å². The molecule has 0 unspecified atom stereocenters. The van der Waals surface area contributed by atoms with Crippen molar-refractivity contribution in [1.29, 1.82) is 0 Å². The smallest absolute Gasteiger partial charge is 0.270 e. The van der Waals surface area contributed by atoms with Crippen LogP contribution >= 0.6 is 0 Å². The Balaban J connectivity index is 1.96. The van der Waals surface area contributed by atoms with Crippen LogP contribution in [-0.4, -0.2) is 48.6 Å². The Labute approximate surface area is 100 Å². The Hall–Kier alpha value is -1.43. The van der Waals surface area contributed by atoms with Crippen LogP contribution in [0.15, 0.2) is 5.10 Å². The van der Waals surface area contributed by atoms with Crippen LogP contribution in [0.2, 0.25) is 0 Å². The third-order valence-corrected chi connectivity index (χ3v) is 3.33. The normalized spacial score (nSPS) is 21.7. The number of nitrogens with zero attached hydrogens (tertiary/aromatic N) is 2. The third kappa shape index (κ3) is 2.82. The monoisotopic (exact) mass is 238 g/mol. The van der Waals surface area contributed by atoms with Crippen LogP contribution in [0.25, 0.3) is 0 Å². The fraction of sp³-hybridized carbons (Fsp3) is 0.727. The van der Waals surface area contributed by atoms with Crippen molar-refractivity contribution in [3.05, 3.63) is 0 Å². The zero-order valence-corrected chi connectivity index (χ0v) is 10.0. The van der Waals surface area contributed by atoms with Crippen molar-refractivity contribution in [1.82, 2.24) is 15.6 Å². The van der Waals surface area contributed by atoms with E-state index in [1.54, 1.807) is 4.90 Å². The van der Waals surface area contributed by atoms with Crippen LogP contribution in [0, 0.1) is 0 Å². The lowest BCUT2D eigenvalue weighted by Gasteiger charge is -2.32. The Kier molecular flexibility index (Phi) is 3.73. The number of hydrogen-bond acceptors (Lipinski definition) is 4. The highest BCUT2D eigenvalue weighted by Gasteiger charge is 2.26. The Bertz CT molecular complexity index is 347. The minimum atomic E-state index is -0.119. The van der Waals surface area contributed by atoms with E-state index >= 15 is 0 Å². The fourth-order valence-corrected chi connectivity index (χ4v) is 2.19. The van der Waals surface area contributed by atoms with Crippen LogP contribution in [0.5, 0.6) is 0 Å². The van der Waals surface area contributed by atoms with Gasteiger partial charge in [-0.1, -0.05) is 0 Å². The summed E-state index contributed by atoms with van der Waals surface area (Å²) in [5.41, 5.74) is 2.82. The van der Waals surface area contributed by atoms with Crippen LogP contribution in [0.4, 0.5) is 0 Å². The maximum atomic E-state index is 12.1. The summed E-state index contributed by atoms with van der Waals surface area (Å²) in [7, 11) is 1.82. The molecule has 0 aliphatic carbocycles. The van der Waals surface area contributed by atoms with Gasteiger partial charge in [-0.3, -0.25) is 9.59 Å². The first-order chi connectivity index (χ1) is 8.18. The van der Waals surface area contributed by atoms with Gasteiger partial charge in [-0.15, -0.1) is 0 Å². The summed E-state index contributed by atoms with van der Waals surface area (Å²) in [6, 6.07) is 0.282. The summed E-state index contributed by atoms with van der Waals surface area (Å²) in [5.74, 6) is -0.178. The molecule has 2 heterocycles. The molecule has 0 saturated carbocycles. The van der Waals surface area contributed by atoms with Gasteiger partial charge in [0.1, 0.15) is 5.71 Å². The molecule has 0 radical (unpaired) electrons. The molecule has 94 valence electrons. The van der Waals surface area contributed by atoms with Crippen molar-refractivity contribution in [3.63, 3.8) is 0 Å². The first kappa shape index (κ1) is 12.0. The van der Waals surface area contributed by atoms with Crippen LogP contribution in [0.3, 0.4) is 0 Å². The maximum absolute atomic E-state index is 12.1. The van der Waals surface area contributed by atoms with E-state index in [9.17, 15) is 9.59 Å². The molecule has 0 aromatic rings. The predicted molar refractivity (Wildman–Crippen MR) is 63.5 cm³/mol. The number of piperidine rings is 1. The topological polar surface area (TPSA) is 73.8 Å². The lowest BCUT2D eigenvalue weighted by Crippen LogP contribution is -2.47. The number of amides is 2. The molecule has 2 aliphatic heterocycles. The van der Waals surface area contributed by atoms with Gasteiger partial charge in [0.25, 0.3) is 5.91 Å². The average Bonchev–Trinajstić information content (AvgIpc) is 2.39. The minimum absolute atomic E-state index is 0.0584. The van der Waals surface area contributed by atoms with Crippen molar-refractivity contribution in [3.8, 4) is 0 Å². The second-order valence-corrected chi connectivity index (χ2v) is 4.49. The van der Waals surface area contributed by atoms with E-state index in [-0.39, 0.29) is 17.9 Å². The highest BCUT2D eigenvalue weighted by Crippen LogP contribution is 2.12. The molecule has 17 heavy (non-hydrogen) atoms. The number of rotatable bonds is 2. The van der Waals surface area contributed by atoms with Gasteiger partial charge in [0, 0.05) is 25.9 Å². The zero-order chi connectivity index (χ0) is 12.3. The minimum Gasteiger partial charge on any atom is -0.338 e. The van der Waals surface area contributed by atoms with E-state index < -0.39 is 0 Å². The van der Waals surface area contributed by atoms with E-state index in [1.807, 2.05) is 7.05 Å². The second-order valence-electron chi connectivity index (χ2n) is 4.49. The standard InChI is InChI=1S/C11H18N4O2/c1-15(8-4-6-12-7-5-8)11(17)9-2-3-10(16)14-13-9/h8,12H,2-7H2,1H3,(H,14,16). The van der Waals surface area contributed by atoms with E-state index in [1.165, 1.54) is 0 Å². The first-order valence-corrected chi connectivity index (χ1v) is 6.02. The number of nitrogens with one attached hydrogen (secondary N) is 2. The molecule has 2 amide bonds. The van der Waals surface area contributed by atoms with E-state index in [0.29, 0.717) is 18.6 Å². The highest BCUT2D eigenvalue weighted by atomic mass is 16.2. The summed E-state index contributed by atoms with van der Waals surface area (Å²) in [6.45, 7) is 1.90. The Morgan fingerprint density at radius 2 is 2.06 bits per heavy atom. The van der Waals surface area contributed by atoms with Crippen molar-refractivity contribution < 1.29 is 9.59 Å². The quantitative estimate of drug-likeness (QED) is 0.678. The number of carbonyl (C=O) groups is 2. The molecule has 1 fully saturated rings. The largest absolute Gasteiger partial charge is 0.338 e. The summed E-state index contributed by atoms with van der Waals surface area (Å²) in [6.07, 6.45) is 2.74. The fourth-order valence-electron chi connectivity index (χ4n) is 2.19. The third-order valence-electron chi connectivity index (χ3n) is 3.33. The van der Waals surface area contributed by atoms with Crippen LogP contribution in [-0.2, 0) is 9.59 Å². The number of hydrogen-bond donors (Lipinski definition) is 2. The molecule has 2 rings (SSSR count). The molecule has 0 spiro atoms. The van der Waals surface area contributed by atoms with Gasteiger partial charge in [-0.25, -0.2) is 5.43 Å². The number of carbonyl (C=O) groups excluding carboxylic acids is 2. The van der Waals surface area contributed by atoms with Gasteiger partial charge in [0.05, 0.1) is 0 Å². The van der Waals surface area contributed by atoms with Gasteiger partial charge >= 0.3 is 0 Å². The molecule has 6 nitrogen and oxygen atoms in total. The van der Waals surface area contributed by atoms with Crippen molar-refractivity contribution in [2.45, 2.75) is 31.7 Å². The average molecular weight is 238 g/mol. The van der Waals surface area contributed by atoms with Gasteiger partial charge in [0.2, 0.25) is 5.91 Å². The van der Waals surface area contributed by atoms with Gasteiger partial charge < -0.3 is 10.2 Å². The van der Waals surface area contributed by atoms with E-state index in [2.05, 4.69) is 15.8 Å². The lowest BCUT2D eigenvalue weighted by atomic mass is 10.0. The molecule has 0 aromatic heterocycles. The molecule has 0 aromatic carbocycles. The molecule has 6 heteroatoms. The Morgan fingerprint density at radius 1 is 1.35 bits per heavy atom. The van der Waals surface area contributed by atoms with Gasteiger partial charge in [-0.2, -0.15) is 5.10 Å². The van der Waals surface area contributed by atoms with Crippen molar-refractivity contribution in [2.24, 2.45) is 5.10 Å². The SMILES string of the molecule is CN(C(=O)C1=NNC(=O)CC1)C1CCNCC1. The first-order valence-electron chi connectivity index (χ1n) is 6.02. The molecule has 2 N–H and O–H groups in total. The second kappa shape index (κ2) is 5.27. The van der Waals surface area contributed by atoms with Crippen molar-refractivity contribution in [2.75, 3.05) is 20.1 Å². The lowest BCUT2D eigenvalue weighted by molar-refractivity contribution is -0.125. The number of hydrazone groups is 1. The highest BCUT2D eigenvalue weighted by molar-refractivity contribution is 6.39. The summed E-state index contributed by atoms with van der Waals surface area (Å²) in [4.78, 5) is 24.8. The summed E-state index contributed by atoms with van der Waals surface area (Å²) < 4.78 is 0. The summed E-state index contributed by atoms with van der Waals surface area (Å²) in [5, 5.41) is 7.11. The summed E-state index contributed by atoms with van der Waals surface area (Å²) >= 11 is 0. The van der Waals surface area contributed by atoms with Crippen LogP contribution < -0.4 is 10.7 Å². The molecule has 1 saturated heterocycles. The molecule has 0 bridgehead atoms. The van der Waals surface area contributed by atoms with Gasteiger partial charge in [-0.05, 0) is 25.9 Å². The van der Waals surface area contributed by atoms with Gasteiger partial charge in [0.15, 0.2) is 0 Å². The molecule has 0 atom stereocenters. The Morgan fingerprint density at radius 3 is 2.65 bits per heavy atom. The zero-order valence-electron chi connectivity index (χ0n) is 10.0. The molecular weight excluding hydrogens is 220 g/mol. The molecule has 2 aliphatic rings. The predicted octanol–water partition coefficient (Wildman–Crippen LogP) is -0.537.